The molecular weight excluding hydrogens is 294 g/mol. The first-order chi connectivity index (χ1) is 9.52. The fourth-order valence-corrected chi connectivity index (χ4v) is 3.49. The Labute approximate surface area is 122 Å². The van der Waals surface area contributed by atoms with Gasteiger partial charge in [-0.3, -0.25) is 4.90 Å². The Balaban J connectivity index is 1.79. The van der Waals surface area contributed by atoms with Crippen LogP contribution in [0, 0.1) is 0 Å². The van der Waals surface area contributed by atoms with Crippen molar-refractivity contribution in [2.45, 2.75) is 24.7 Å². The van der Waals surface area contributed by atoms with Crippen molar-refractivity contribution in [3.63, 3.8) is 0 Å². The predicted molar refractivity (Wildman–Crippen MR) is 77.3 cm³/mol. The summed E-state index contributed by atoms with van der Waals surface area (Å²) in [6.45, 7) is 2.58. The van der Waals surface area contributed by atoms with Crippen molar-refractivity contribution in [3.05, 3.63) is 39.8 Å². The van der Waals surface area contributed by atoms with Crippen molar-refractivity contribution in [2.24, 2.45) is 0 Å². The van der Waals surface area contributed by atoms with E-state index in [-0.39, 0.29) is 5.16 Å². The highest BCUT2D eigenvalue weighted by atomic mass is 32.2. The van der Waals surface area contributed by atoms with Crippen molar-refractivity contribution in [1.29, 1.82) is 0 Å². The maximum Gasteiger partial charge on any atom is 0.246 e. The number of rotatable bonds is 3. The van der Waals surface area contributed by atoms with E-state index >= 15 is 0 Å². The van der Waals surface area contributed by atoms with Crippen LogP contribution in [0.15, 0.2) is 28.2 Å². The lowest BCUT2D eigenvalue weighted by atomic mass is 10.1. The monoisotopic (exact) mass is 309 g/mol. The molecular formula is C13H15N3O2S2. The third-order valence-corrected chi connectivity index (χ3v) is 4.90. The van der Waals surface area contributed by atoms with Crippen LogP contribution in [0.1, 0.15) is 16.8 Å². The summed E-state index contributed by atoms with van der Waals surface area (Å²) < 4.78 is 22.9. The lowest BCUT2D eigenvalue weighted by Gasteiger charge is -2.27. The van der Waals surface area contributed by atoms with Crippen molar-refractivity contribution in [2.75, 3.05) is 12.8 Å². The summed E-state index contributed by atoms with van der Waals surface area (Å²) in [5.74, 6) is 0. The number of fused-ring (bicyclic) bond motifs is 1. The second-order valence-electron chi connectivity index (χ2n) is 4.99. The zero-order valence-corrected chi connectivity index (χ0v) is 12.7. The maximum atomic E-state index is 11.5. The molecule has 0 amide bonds. The molecule has 1 aliphatic rings. The van der Waals surface area contributed by atoms with E-state index in [0.29, 0.717) is 0 Å². The van der Waals surface area contributed by atoms with Crippen LogP contribution in [0.3, 0.4) is 0 Å². The zero-order valence-electron chi connectivity index (χ0n) is 11.1. The molecule has 0 saturated carbocycles. The molecule has 0 bridgehead atoms. The first kappa shape index (κ1) is 13.7. The highest BCUT2D eigenvalue weighted by Crippen LogP contribution is 2.20. The van der Waals surface area contributed by atoms with Gasteiger partial charge in [-0.25, -0.2) is 18.4 Å². The minimum Gasteiger partial charge on any atom is -0.294 e. The molecule has 2 aromatic heterocycles. The Morgan fingerprint density at radius 3 is 3.00 bits per heavy atom. The third-order valence-electron chi connectivity index (χ3n) is 3.31. The van der Waals surface area contributed by atoms with E-state index in [4.69, 9.17) is 0 Å². The van der Waals surface area contributed by atoms with Gasteiger partial charge in [-0.2, -0.15) is 11.3 Å². The summed E-state index contributed by atoms with van der Waals surface area (Å²) in [5, 5.41) is 4.16. The quantitative estimate of drug-likeness (QED) is 0.804. The van der Waals surface area contributed by atoms with Crippen LogP contribution < -0.4 is 0 Å². The van der Waals surface area contributed by atoms with Gasteiger partial charge in [-0.1, -0.05) is 0 Å². The SMILES string of the molecule is CS(=O)(=O)c1ncc2c(n1)CCN(Cc1ccsc1)C2. The Hall–Kier alpha value is -1.31. The van der Waals surface area contributed by atoms with Crippen molar-refractivity contribution in [3.8, 4) is 0 Å². The first-order valence-corrected chi connectivity index (χ1v) is 9.14. The molecule has 3 rings (SSSR count). The van der Waals surface area contributed by atoms with E-state index in [1.165, 1.54) is 5.56 Å². The van der Waals surface area contributed by atoms with E-state index in [1.54, 1.807) is 17.5 Å². The number of hydrogen-bond acceptors (Lipinski definition) is 6. The molecule has 0 aliphatic carbocycles. The van der Waals surface area contributed by atoms with Crippen molar-refractivity contribution >= 4 is 21.2 Å². The van der Waals surface area contributed by atoms with Gasteiger partial charge in [0, 0.05) is 44.1 Å². The van der Waals surface area contributed by atoms with E-state index in [0.717, 1.165) is 43.6 Å². The van der Waals surface area contributed by atoms with Gasteiger partial charge >= 0.3 is 0 Å². The minimum absolute atomic E-state index is 0.0671. The number of nitrogens with zero attached hydrogens (tertiary/aromatic N) is 3. The Kier molecular flexibility index (Phi) is 3.57. The van der Waals surface area contributed by atoms with E-state index < -0.39 is 9.84 Å². The largest absolute Gasteiger partial charge is 0.294 e. The first-order valence-electron chi connectivity index (χ1n) is 6.30. The van der Waals surface area contributed by atoms with Gasteiger partial charge in [0.05, 0.1) is 5.69 Å². The van der Waals surface area contributed by atoms with Crippen LogP contribution in [-0.2, 0) is 29.3 Å². The van der Waals surface area contributed by atoms with Crippen LogP contribution in [0.4, 0.5) is 0 Å². The summed E-state index contributed by atoms with van der Waals surface area (Å²) in [5.41, 5.74) is 3.20. The molecule has 0 radical (unpaired) electrons. The number of aromatic nitrogens is 2. The van der Waals surface area contributed by atoms with Crippen LogP contribution >= 0.6 is 11.3 Å². The van der Waals surface area contributed by atoms with E-state index in [2.05, 4.69) is 31.7 Å². The fraction of sp³-hybridized carbons (Fsp3) is 0.385. The molecule has 0 saturated heterocycles. The molecule has 0 aromatic carbocycles. The highest BCUT2D eigenvalue weighted by molar-refractivity contribution is 7.90. The van der Waals surface area contributed by atoms with Crippen LogP contribution in [-0.4, -0.2) is 36.1 Å². The summed E-state index contributed by atoms with van der Waals surface area (Å²) in [7, 11) is -3.33. The zero-order chi connectivity index (χ0) is 14.2. The van der Waals surface area contributed by atoms with Crippen LogP contribution in [0.5, 0.6) is 0 Å². The molecule has 0 unspecified atom stereocenters. The Morgan fingerprint density at radius 2 is 2.30 bits per heavy atom. The smallest absolute Gasteiger partial charge is 0.246 e. The Bertz CT molecular complexity index is 711. The van der Waals surface area contributed by atoms with Gasteiger partial charge < -0.3 is 0 Å². The number of sulfone groups is 1. The molecule has 5 nitrogen and oxygen atoms in total. The van der Waals surface area contributed by atoms with Crippen molar-refractivity contribution < 1.29 is 8.42 Å². The second kappa shape index (κ2) is 5.23. The van der Waals surface area contributed by atoms with Crippen LogP contribution in [0.2, 0.25) is 0 Å². The molecule has 0 atom stereocenters. The van der Waals surface area contributed by atoms with Gasteiger partial charge in [-0.15, -0.1) is 0 Å². The van der Waals surface area contributed by atoms with Gasteiger partial charge in [0.25, 0.3) is 0 Å². The average Bonchev–Trinajstić information content (AvgIpc) is 2.90. The fourth-order valence-electron chi connectivity index (χ4n) is 2.31. The molecule has 0 N–H and O–H groups in total. The molecule has 106 valence electrons. The molecule has 0 fully saturated rings. The molecule has 20 heavy (non-hydrogen) atoms. The van der Waals surface area contributed by atoms with Gasteiger partial charge in [0.1, 0.15) is 0 Å². The van der Waals surface area contributed by atoms with Gasteiger partial charge in [0.15, 0.2) is 0 Å². The van der Waals surface area contributed by atoms with E-state index in [9.17, 15) is 8.42 Å². The highest BCUT2D eigenvalue weighted by Gasteiger charge is 2.21. The van der Waals surface area contributed by atoms with Crippen molar-refractivity contribution in [1.82, 2.24) is 14.9 Å². The number of thiophene rings is 1. The maximum absolute atomic E-state index is 11.5. The number of hydrogen-bond donors (Lipinski definition) is 0. The molecule has 0 spiro atoms. The van der Waals surface area contributed by atoms with Gasteiger partial charge in [-0.05, 0) is 22.4 Å². The van der Waals surface area contributed by atoms with Crippen LogP contribution in [0.25, 0.3) is 0 Å². The molecule has 2 aromatic rings. The lowest BCUT2D eigenvalue weighted by molar-refractivity contribution is 0.242. The third kappa shape index (κ3) is 2.89. The summed E-state index contributed by atoms with van der Waals surface area (Å²) in [6.07, 6.45) is 3.56. The Morgan fingerprint density at radius 1 is 1.45 bits per heavy atom. The predicted octanol–water partition coefficient (Wildman–Crippen LogP) is 1.50. The summed E-state index contributed by atoms with van der Waals surface area (Å²) in [4.78, 5) is 10.5. The summed E-state index contributed by atoms with van der Waals surface area (Å²) in [6, 6.07) is 2.13. The molecule has 7 heteroatoms. The molecule has 1 aliphatic heterocycles. The minimum atomic E-state index is -3.33. The standard InChI is InChI=1S/C13H15N3O2S2/c1-20(17,18)13-14-6-11-8-16(4-2-12(11)15-13)7-10-3-5-19-9-10/h3,5-6,9H,2,4,7-8H2,1H3. The molecule has 3 heterocycles. The topological polar surface area (TPSA) is 63.2 Å². The van der Waals surface area contributed by atoms with E-state index in [1.807, 2.05) is 0 Å². The lowest BCUT2D eigenvalue weighted by Crippen LogP contribution is -2.31. The second-order valence-corrected chi connectivity index (χ2v) is 7.68. The average molecular weight is 309 g/mol. The summed E-state index contributed by atoms with van der Waals surface area (Å²) >= 11 is 1.70. The normalized spacial score (nSPS) is 16.1. The van der Waals surface area contributed by atoms with Gasteiger partial charge in [0.2, 0.25) is 15.0 Å².